The predicted molar refractivity (Wildman–Crippen MR) is 88.7 cm³/mol. The summed E-state index contributed by atoms with van der Waals surface area (Å²) in [6, 6.07) is 0. The van der Waals surface area contributed by atoms with Crippen molar-refractivity contribution in [2.45, 2.75) is 0 Å². The lowest BCUT2D eigenvalue weighted by Gasteiger charge is -2.26. The van der Waals surface area contributed by atoms with E-state index >= 15 is 0 Å². The van der Waals surface area contributed by atoms with Gasteiger partial charge in [-0.25, -0.2) is 9.97 Å². The van der Waals surface area contributed by atoms with Crippen LogP contribution in [0, 0.1) is 0 Å². The van der Waals surface area contributed by atoms with Crippen LogP contribution in [-0.2, 0) is 4.74 Å². The number of carbonyl (C=O) groups excluding carboxylic acids is 1. The molecule has 8 nitrogen and oxygen atoms in total. The Hall–Kier alpha value is -1.77. The second kappa shape index (κ2) is 9.39. The number of anilines is 1. The molecule has 0 aromatic carbocycles. The minimum absolute atomic E-state index is 0.141. The van der Waals surface area contributed by atoms with Crippen LogP contribution < -0.4 is 10.6 Å². The van der Waals surface area contributed by atoms with Gasteiger partial charge in [0.25, 0.3) is 5.91 Å². The normalized spacial score (nSPS) is 15.6. The summed E-state index contributed by atoms with van der Waals surface area (Å²) in [6.07, 6.45) is 3.10. The molecule has 2 rings (SSSR count). The van der Waals surface area contributed by atoms with Gasteiger partial charge in [-0.2, -0.15) is 0 Å². The molecule has 8 heteroatoms. The molecule has 1 aromatic heterocycles. The Labute approximate surface area is 137 Å². The Kier molecular flexibility index (Phi) is 7.18. The molecule has 1 fully saturated rings. The molecule has 2 heterocycles. The van der Waals surface area contributed by atoms with Crippen molar-refractivity contribution in [1.29, 1.82) is 0 Å². The Morgan fingerprint density at radius 1 is 1.26 bits per heavy atom. The van der Waals surface area contributed by atoms with Gasteiger partial charge in [0.15, 0.2) is 0 Å². The molecule has 128 valence electrons. The lowest BCUT2D eigenvalue weighted by atomic mass is 10.3. The molecule has 0 spiro atoms. The molecule has 23 heavy (non-hydrogen) atoms. The average Bonchev–Trinajstić information content (AvgIpc) is 2.56. The van der Waals surface area contributed by atoms with Gasteiger partial charge in [0.1, 0.15) is 0 Å². The smallest absolute Gasteiger partial charge is 0.254 e. The van der Waals surface area contributed by atoms with Gasteiger partial charge >= 0.3 is 0 Å². The molecule has 1 aromatic rings. The molecule has 1 saturated heterocycles. The molecule has 1 amide bonds. The lowest BCUT2D eigenvalue weighted by Crippen LogP contribution is -2.41. The van der Waals surface area contributed by atoms with Crippen LogP contribution in [0.15, 0.2) is 12.4 Å². The van der Waals surface area contributed by atoms with Crippen LogP contribution in [0.25, 0.3) is 0 Å². The van der Waals surface area contributed by atoms with Crippen LogP contribution in [0.3, 0.4) is 0 Å². The monoisotopic (exact) mass is 322 g/mol. The zero-order chi connectivity index (χ0) is 16.5. The third-order valence-corrected chi connectivity index (χ3v) is 3.57. The van der Waals surface area contributed by atoms with Gasteiger partial charge in [0.05, 0.1) is 18.8 Å². The predicted octanol–water partition coefficient (Wildman–Crippen LogP) is -0.488. The summed E-state index contributed by atoms with van der Waals surface area (Å²) in [4.78, 5) is 24.7. The lowest BCUT2D eigenvalue weighted by molar-refractivity contribution is 0.0383. The highest BCUT2D eigenvalue weighted by atomic mass is 16.5. The highest BCUT2D eigenvalue weighted by Gasteiger charge is 2.11. The number of hydrogen-bond donors (Lipinski definition) is 2. The van der Waals surface area contributed by atoms with Gasteiger partial charge < -0.3 is 20.3 Å². The molecule has 0 radical (unpaired) electrons. The zero-order valence-corrected chi connectivity index (χ0v) is 13.9. The van der Waals surface area contributed by atoms with E-state index in [2.05, 4.69) is 30.4 Å². The number of carbonyl (C=O) groups is 1. The van der Waals surface area contributed by atoms with Gasteiger partial charge in [-0.3, -0.25) is 9.69 Å². The van der Waals surface area contributed by atoms with E-state index in [0.717, 1.165) is 45.9 Å². The van der Waals surface area contributed by atoms with Crippen LogP contribution >= 0.6 is 0 Å². The first kappa shape index (κ1) is 17.6. The summed E-state index contributed by atoms with van der Waals surface area (Å²) in [7, 11) is 4.01. The fourth-order valence-electron chi connectivity index (χ4n) is 2.18. The maximum Gasteiger partial charge on any atom is 0.254 e. The fraction of sp³-hybridized carbons (Fsp3) is 0.667. The van der Waals surface area contributed by atoms with E-state index in [0.29, 0.717) is 18.1 Å². The minimum atomic E-state index is -0.141. The van der Waals surface area contributed by atoms with Gasteiger partial charge in [-0.1, -0.05) is 0 Å². The van der Waals surface area contributed by atoms with E-state index in [1.165, 1.54) is 0 Å². The van der Waals surface area contributed by atoms with E-state index in [1.54, 1.807) is 12.4 Å². The maximum absolute atomic E-state index is 12.0. The maximum atomic E-state index is 12.0. The van der Waals surface area contributed by atoms with Gasteiger partial charge in [0.2, 0.25) is 5.95 Å². The Morgan fingerprint density at radius 2 is 1.96 bits per heavy atom. The van der Waals surface area contributed by atoms with Crippen molar-refractivity contribution < 1.29 is 9.53 Å². The number of nitrogens with one attached hydrogen (secondary N) is 2. The van der Waals surface area contributed by atoms with Crippen molar-refractivity contribution in [3.63, 3.8) is 0 Å². The molecule has 1 aliphatic heterocycles. The van der Waals surface area contributed by atoms with Crippen LogP contribution in [-0.4, -0.2) is 92.3 Å². The van der Waals surface area contributed by atoms with Crippen molar-refractivity contribution >= 4 is 11.9 Å². The van der Waals surface area contributed by atoms with E-state index in [9.17, 15) is 4.79 Å². The van der Waals surface area contributed by atoms with E-state index < -0.39 is 0 Å². The van der Waals surface area contributed by atoms with Crippen LogP contribution in [0.4, 0.5) is 5.95 Å². The highest BCUT2D eigenvalue weighted by Crippen LogP contribution is 2.00. The number of aromatic nitrogens is 2. The molecule has 0 saturated carbocycles. The van der Waals surface area contributed by atoms with Crippen LogP contribution in [0.5, 0.6) is 0 Å². The summed E-state index contributed by atoms with van der Waals surface area (Å²) < 4.78 is 5.29. The number of amides is 1. The first-order chi connectivity index (χ1) is 11.1. The summed E-state index contributed by atoms with van der Waals surface area (Å²) in [5.74, 6) is 0.398. The third kappa shape index (κ3) is 6.47. The first-order valence-electron chi connectivity index (χ1n) is 7.94. The van der Waals surface area contributed by atoms with Crippen molar-refractivity contribution in [2.75, 3.05) is 71.9 Å². The summed E-state index contributed by atoms with van der Waals surface area (Å²) >= 11 is 0. The molecule has 1 aliphatic rings. The van der Waals surface area contributed by atoms with Crippen LogP contribution in [0.2, 0.25) is 0 Å². The third-order valence-electron chi connectivity index (χ3n) is 3.57. The zero-order valence-electron chi connectivity index (χ0n) is 13.9. The summed E-state index contributed by atoms with van der Waals surface area (Å²) in [6.45, 7) is 6.49. The number of nitrogens with zero attached hydrogens (tertiary/aromatic N) is 4. The number of hydrogen-bond acceptors (Lipinski definition) is 7. The Bertz CT molecular complexity index is 473. The van der Waals surface area contributed by atoms with Gasteiger partial charge in [-0.15, -0.1) is 0 Å². The Morgan fingerprint density at radius 3 is 2.61 bits per heavy atom. The molecule has 0 aliphatic carbocycles. The highest BCUT2D eigenvalue weighted by molar-refractivity contribution is 5.93. The quantitative estimate of drug-likeness (QED) is 0.668. The van der Waals surface area contributed by atoms with Crippen molar-refractivity contribution in [3.05, 3.63) is 18.0 Å². The van der Waals surface area contributed by atoms with E-state index in [-0.39, 0.29) is 5.91 Å². The molecular weight excluding hydrogens is 296 g/mol. The molecular formula is C15H26N6O2. The topological polar surface area (TPSA) is 82.6 Å². The molecule has 2 N–H and O–H groups in total. The Balaban J connectivity index is 1.69. The molecule has 0 unspecified atom stereocenters. The average molecular weight is 322 g/mol. The second-order valence-corrected chi connectivity index (χ2v) is 5.74. The SMILES string of the molecule is CN(C)CCNc1ncc(C(=O)NCCN2CCOCC2)cn1. The second-order valence-electron chi connectivity index (χ2n) is 5.74. The largest absolute Gasteiger partial charge is 0.379 e. The number of likely N-dealkylation sites (N-methyl/N-ethyl adjacent to an activating group) is 1. The fourth-order valence-corrected chi connectivity index (χ4v) is 2.18. The summed E-state index contributed by atoms with van der Waals surface area (Å²) in [5, 5.41) is 6.01. The molecule has 0 bridgehead atoms. The first-order valence-corrected chi connectivity index (χ1v) is 7.94. The van der Waals surface area contributed by atoms with Crippen molar-refractivity contribution in [2.24, 2.45) is 0 Å². The number of ether oxygens (including phenoxy) is 1. The van der Waals surface area contributed by atoms with Gasteiger partial charge in [-0.05, 0) is 14.1 Å². The van der Waals surface area contributed by atoms with Crippen LogP contribution in [0.1, 0.15) is 10.4 Å². The standard InChI is InChI=1S/C15H26N6O2/c1-20(2)5-3-17-15-18-11-13(12-19-15)14(22)16-4-6-21-7-9-23-10-8-21/h11-12H,3-10H2,1-2H3,(H,16,22)(H,17,18,19). The van der Waals surface area contributed by atoms with E-state index in [1.807, 2.05) is 14.1 Å². The molecule has 0 atom stereocenters. The number of rotatable bonds is 8. The van der Waals surface area contributed by atoms with Crippen molar-refractivity contribution in [1.82, 2.24) is 25.1 Å². The minimum Gasteiger partial charge on any atom is -0.379 e. The van der Waals surface area contributed by atoms with Crippen molar-refractivity contribution in [3.8, 4) is 0 Å². The number of morpholine rings is 1. The van der Waals surface area contributed by atoms with Gasteiger partial charge in [0, 0.05) is 51.7 Å². The summed E-state index contributed by atoms with van der Waals surface area (Å²) in [5.41, 5.74) is 0.477. The van der Waals surface area contributed by atoms with E-state index in [4.69, 9.17) is 4.74 Å².